The predicted octanol–water partition coefficient (Wildman–Crippen LogP) is 16.7. The van der Waals surface area contributed by atoms with Gasteiger partial charge in [0.25, 0.3) is 5.69 Å². The van der Waals surface area contributed by atoms with Crippen molar-refractivity contribution in [1.82, 2.24) is 18.7 Å². The molecule has 0 fully saturated rings. The van der Waals surface area contributed by atoms with Crippen LogP contribution in [0.4, 0.5) is 22.7 Å². The number of benzene rings is 7. The van der Waals surface area contributed by atoms with Gasteiger partial charge in [-0.25, -0.2) is 4.98 Å². The zero-order chi connectivity index (χ0) is 47.8. The summed E-state index contributed by atoms with van der Waals surface area (Å²) in [6, 6.07) is 65.0. The van der Waals surface area contributed by atoms with E-state index in [9.17, 15) is 0 Å². The van der Waals surface area contributed by atoms with Crippen LogP contribution in [-0.4, -0.2) is 15.6 Å². The lowest BCUT2D eigenvalue weighted by Crippen LogP contribution is -2.22. The summed E-state index contributed by atoms with van der Waals surface area (Å²) in [5.74, 6) is 2.35. The lowest BCUT2D eigenvalue weighted by molar-refractivity contribution is 0.483. The Balaban J connectivity index is 1.12. The second-order valence-corrected chi connectivity index (χ2v) is 22.1. The SMILES string of the molecule is CC(C)(C)c1cc([N+]2=C=[N+](c3cccc(Oc4ccc5c6cc(-c7ccccc7)ccc6n(-c6cc(C(C)(C)C)ccn6)c5c4)c3)c3cccc(C(C)(C)c4ccccc4)c32)cc(C(C)(C)C)c1. The van der Waals surface area contributed by atoms with Gasteiger partial charge in [-0.2, -0.15) is 0 Å². The van der Waals surface area contributed by atoms with Crippen molar-refractivity contribution in [3.8, 4) is 28.4 Å². The molecule has 3 heterocycles. The Bertz CT molecular complexity index is 3440. The second kappa shape index (κ2) is 16.5. The van der Waals surface area contributed by atoms with Crippen LogP contribution in [-0.2, 0) is 21.7 Å². The van der Waals surface area contributed by atoms with Crippen molar-refractivity contribution in [2.75, 3.05) is 0 Å². The predicted molar refractivity (Wildman–Crippen MR) is 286 cm³/mol. The molecule has 0 aliphatic carbocycles. The highest BCUT2D eigenvalue weighted by molar-refractivity contribution is 6.10. The van der Waals surface area contributed by atoms with Crippen molar-refractivity contribution in [2.24, 2.45) is 0 Å². The van der Waals surface area contributed by atoms with Gasteiger partial charge in [0, 0.05) is 58.3 Å². The standard InChI is InChI=1S/C63H62N4O/c1-60(2,3)45-32-33-64-58(38-45)67-55-31-28-43(42-20-14-12-15-21-42)34-53(55)52-30-29-51(40-57(52)67)68-50-25-18-24-48(39-50)65-41-66(49-36-46(61(4,5)6)35-47(37-49)62(7,8)9)59-54(26-19-27-56(59)65)63(10,11)44-22-16-13-17-23-44/h12-40H,1-11H3/q+2. The van der Waals surface area contributed by atoms with Gasteiger partial charge < -0.3 is 4.74 Å². The average molecular weight is 891 g/mol. The normalized spacial score (nSPS) is 13.2. The summed E-state index contributed by atoms with van der Waals surface area (Å²) >= 11 is 0. The van der Waals surface area contributed by atoms with Crippen LogP contribution in [0.25, 0.3) is 38.8 Å². The number of hydrogen-bond acceptors (Lipinski definition) is 2. The number of nitrogens with zero attached hydrogens (tertiary/aromatic N) is 4. The van der Waals surface area contributed by atoms with E-state index in [1.807, 2.05) is 12.3 Å². The zero-order valence-electron chi connectivity index (χ0n) is 41.4. The molecular formula is C63H62N4O+2. The van der Waals surface area contributed by atoms with Gasteiger partial charge in [-0.1, -0.05) is 167 Å². The second-order valence-electron chi connectivity index (χ2n) is 22.1. The number of aromatic nitrogens is 2. The third-order valence-corrected chi connectivity index (χ3v) is 13.8. The molecule has 5 nitrogen and oxygen atoms in total. The lowest BCUT2D eigenvalue weighted by atomic mass is 9.77. The summed E-state index contributed by atoms with van der Waals surface area (Å²) in [6.07, 6.45) is 1.93. The molecule has 2 aromatic heterocycles. The van der Waals surface area contributed by atoms with Crippen molar-refractivity contribution in [2.45, 2.75) is 97.8 Å². The maximum absolute atomic E-state index is 6.88. The molecule has 0 saturated carbocycles. The summed E-state index contributed by atoms with van der Waals surface area (Å²) in [7, 11) is 0. The van der Waals surface area contributed by atoms with Crippen molar-refractivity contribution in [3.05, 3.63) is 204 Å². The van der Waals surface area contributed by atoms with Crippen LogP contribution in [0, 0.1) is 0 Å². The zero-order valence-corrected chi connectivity index (χ0v) is 41.4. The molecule has 0 radical (unpaired) electrons. The summed E-state index contributed by atoms with van der Waals surface area (Å²) in [5, 5.41) is 2.30. The van der Waals surface area contributed by atoms with Crippen LogP contribution in [0.1, 0.15) is 104 Å². The van der Waals surface area contributed by atoms with Crippen molar-refractivity contribution in [1.29, 1.82) is 0 Å². The van der Waals surface area contributed by atoms with E-state index in [0.717, 1.165) is 56.5 Å². The summed E-state index contributed by atoms with van der Waals surface area (Å²) in [6.45, 7) is 25.2. The Morgan fingerprint density at radius 2 is 1.12 bits per heavy atom. The minimum absolute atomic E-state index is 0.0382. The fourth-order valence-electron chi connectivity index (χ4n) is 9.61. The molecule has 5 heteroatoms. The molecule has 1 aliphatic heterocycles. The van der Waals surface area contributed by atoms with Gasteiger partial charge in [-0.3, -0.25) is 4.57 Å². The van der Waals surface area contributed by atoms with E-state index in [1.165, 1.54) is 44.3 Å². The Morgan fingerprint density at radius 1 is 0.456 bits per heavy atom. The Labute approximate surface area is 402 Å². The van der Waals surface area contributed by atoms with E-state index in [4.69, 9.17) is 9.72 Å². The van der Waals surface area contributed by atoms with E-state index in [2.05, 4.69) is 260 Å². The Kier molecular flexibility index (Phi) is 10.8. The minimum atomic E-state index is -0.310. The smallest absolute Gasteiger partial charge is 0.457 e. The Morgan fingerprint density at radius 3 is 1.81 bits per heavy atom. The maximum Gasteiger partial charge on any atom is 0.503 e. The van der Waals surface area contributed by atoms with Gasteiger partial charge in [0.2, 0.25) is 11.4 Å². The number of pyridine rings is 1. The van der Waals surface area contributed by atoms with E-state index >= 15 is 0 Å². The molecule has 0 unspecified atom stereocenters. The number of ether oxygens (including phenoxy) is 1. The fourth-order valence-corrected chi connectivity index (χ4v) is 9.61. The number of hydrogen-bond donors (Lipinski definition) is 0. The van der Waals surface area contributed by atoms with E-state index in [0.29, 0.717) is 0 Å². The molecule has 7 aromatic carbocycles. The van der Waals surface area contributed by atoms with Crippen LogP contribution in [0.2, 0.25) is 0 Å². The topological polar surface area (TPSA) is 33.1 Å². The summed E-state index contributed by atoms with van der Waals surface area (Å²) < 4.78 is 13.7. The maximum atomic E-state index is 6.88. The molecule has 0 amide bonds. The van der Waals surface area contributed by atoms with E-state index < -0.39 is 0 Å². The molecule has 1 aliphatic rings. The largest absolute Gasteiger partial charge is 0.503 e. The number of rotatable bonds is 8. The quantitative estimate of drug-likeness (QED) is 0.142. The van der Waals surface area contributed by atoms with Crippen molar-refractivity contribution >= 4 is 50.6 Å². The van der Waals surface area contributed by atoms with Gasteiger partial charge in [-0.05, 0) is 101 Å². The van der Waals surface area contributed by atoms with Gasteiger partial charge >= 0.3 is 11.7 Å². The molecule has 9 aromatic rings. The first-order valence-corrected chi connectivity index (χ1v) is 23.9. The van der Waals surface area contributed by atoms with Crippen molar-refractivity contribution in [3.63, 3.8) is 0 Å². The highest BCUT2D eigenvalue weighted by Gasteiger charge is 2.44. The third kappa shape index (κ3) is 8.16. The molecule has 0 atom stereocenters. The first-order valence-electron chi connectivity index (χ1n) is 23.9. The molecule has 0 saturated heterocycles. The molecule has 338 valence electrons. The minimum Gasteiger partial charge on any atom is -0.457 e. The van der Waals surface area contributed by atoms with Gasteiger partial charge in [0.15, 0.2) is 0 Å². The lowest BCUT2D eigenvalue weighted by Gasteiger charge is -2.26. The molecule has 10 rings (SSSR count). The van der Waals surface area contributed by atoms with Gasteiger partial charge in [-0.15, -0.1) is 0 Å². The highest BCUT2D eigenvalue weighted by atomic mass is 16.5. The molecule has 0 bridgehead atoms. The van der Waals surface area contributed by atoms with Crippen LogP contribution >= 0.6 is 0 Å². The van der Waals surface area contributed by atoms with E-state index in [-0.39, 0.29) is 21.7 Å². The molecule has 0 spiro atoms. The third-order valence-electron chi connectivity index (χ3n) is 13.8. The van der Waals surface area contributed by atoms with Crippen LogP contribution < -0.4 is 13.9 Å². The average Bonchev–Trinajstić information content (AvgIpc) is 3.87. The highest BCUT2D eigenvalue weighted by Crippen LogP contribution is 2.47. The van der Waals surface area contributed by atoms with Gasteiger partial charge in [0.05, 0.1) is 17.1 Å². The van der Waals surface area contributed by atoms with Gasteiger partial charge in [0.1, 0.15) is 17.3 Å². The van der Waals surface area contributed by atoms with Crippen LogP contribution in [0.15, 0.2) is 176 Å². The molecule has 0 N–H and O–H groups in total. The summed E-state index contributed by atoms with van der Waals surface area (Å²) in [5.41, 5.74) is 14.6. The molecular weight excluding hydrogens is 829 g/mol. The Hall–Kier alpha value is -7.33. The first-order chi connectivity index (χ1) is 32.3. The van der Waals surface area contributed by atoms with E-state index in [1.54, 1.807) is 0 Å². The number of para-hydroxylation sites is 1. The summed E-state index contributed by atoms with van der Waals surface area (Å²) in [4.78, 5) is 4.97. The van der Waals surface area contributed by atoms with Crippen LogP contribution in [0.5, 0.6) is 11.5 Å². The first kappa shape index (κ1) is 44.5. The fraction of sp³-hybridized carbons (Fsp3) is 0.238. The monoisotopic (exact) mass is 890 g/mol. The van der Waals surface area contributed by atoms with Crippen molar-refractivity contribution < 1.29 is 4.74 Å². The number of fused-ring (bicyclic) bond motifs is 4. The van der Waals surface area contributed by atoms with Crippen LogP contribution in [0.3, 0.4) is 0 Å². The molecule has 68 heavy (non-hydrogen) atoms.